The van der Waals surface area contributed by atoms with Crippen LogP contribution in [0.25, 0.3) is 66.4 Å². The zero-order valence-electron chi connectivity index (χ0n) is 32.1. The molecule has 0 saturated heterocycles. The van der Waals surface area contributed by atoms with E-state index in [-0.39, 0.29) is 10.8 Å². The molecular weight excluding hydrogens is 679 g/mol. The molecule has 0 fully saturated rings. The van der Waals surface area contributed by atoms with Gasteiger partial charge in [0.25, 0.3) is 0 Å². The molecule has 0 spiro atoms. The maximum absolute atomic E-state index is 6.64. The lowest BCUT2D eigenvalue weighted by atomic mass is 9.82. The lowest BCUT2D eigenvalue weighted by Gasteiger charge is -2.31. The van der Waals surface area contributed by atoms with Crippen molar-refractivity contribution in [2.24, 2.45) is 0 Å². The molecule has 268 valence electrons. The van der Waals surface area contributed by atoms with Crippen molar-refractivity contribution in [2.45, 2.75) is 38.5 Å². The van der Waals surface area contributed by atoms with Crippen molar-refractivity contribution >= 4 is 39.0 Å². The molecule has 1 heterocycles. The first-order valence-electron chi connectivity index (χ1n) is 19.7. The largest absolute Gasteiger partial charge is 0.456 e. The Morgan fingerprint density at radius 3 is 1.55 bits per heavy atom. The minimum atomic E-state index is -0.130. The number of nitrogens with zero attached hydrogens (tertiary/aromatic N) is 1. The smallest absolute Gasteiger partial charge is 0.136 e. The predicted molar refractivity (Wildman–Crippen MR) is 234 cm³/mol. The fourth-order valence-electron chi connectivity index (χ4n) is 9.85. The summed E-state index contributed by atoms with van der Waals surface area (Å²) < 4.78 is 6.64. The predicted octanol–water partition coefficient (Wildman–Crippen LogP) is 15.0. The summed E-state index contributed by atoms with van der Waals surface area (Å²) in [7, 11) is 0. The third-order valence-electron chi connectivity index (χ3n) is 12.7. The van der Waals surface area contributed by atoms with Crippen molar-refractivity contribution < 1.29 is 4.42 Å². The van der Waals surface area contributed by atoms with E-state index in [1.165, 1.54) is 50.1 Å². The SMILES string of the molecule is CC1(C)c2ccccc2-c2ccc(N(c3ccc4c(c3)C(C)(C)c3ccccc3-4)c3ccccc3-c3cccc4oc5cc(-c6ccccc6)ccc5c34)cc21. The fourth-order valence-corrected chi connectivity index (χ4v) is 9.85. The third-order valence-corrected chi connectivity index (χ3v) is 12.7. The molecule has 11 rings (SSSR count). The van der Waals surface area contributed by atoms with E-state index >= 15 is 0 Å². The Hall–Kier alpha value is -6.64. The number of anilines is 3. The van der Waals surface area contributed by atoms with E-state index in [1.54, 1.807) is 0 Å². The third kappa shape index (κ3) is 4.69. The van der Waals surface area contributed by atoms with E-state index < -0.39 is 0 Å². The van der Waals surface area contributed by atoms with Gasteiger partial charge >= 0.3 is 0 Å². The molecule has 0 saturated carbocycles. The Labute approximate surface area is 328 Å². The Morgan fingerprint density at radius 1 is 0.375 bits per heavy atom. The van der Waals surface area contributed by atoms with Crippen molar-refractivity contribution in [1.82, 2.24) is 0 Å². The van der Waals surface area contributed by atoms with E-state index in [4.69, 9.17) is 4.42 Å². The average molecular weight is 720 g/mol. The van der Waals surface area contributed by atoms with Crippen LogP contribution in [-0.4, -0.2) is 0 Å². The van der Waals surface area contributed by atoms with E-state index in [0.717, 1.165) is 55.7 Å². The quantitative estimate of drug-likeness (QED) is 0.176. The Bertz CT molecular complexity index is 2930. The van der Waals surface area contributed by atoms with Crippen molar-refractivity contribution in [3.8, 4) is 44.5 Å². The number of rotatable bonds is 5. The van der Waals surface area contributed by atoms with Gasteiger partial charge < -0.3 is 9.32 Å². The van der Waals surface area contributed by atoms with E-state index in [0.29, 0.717) is 0 Å². The zero-order chi connectivity index (χ0) is 37.8. The maximum Gasteiger partial charge on any atom is 0.136 e. The molecule has 0 radical (unpaired) electrons. The molecule has 2 nitrogen and oxygen atoms in total. The summed E-state index contributed by atoms with van der Waals surface area (Å²) in [6, 6.07) is 64.5. The molecule has 2 heteroatoms. The van der Waals surface area contributed by atoms with Crippen molar-refractivity contribution in [1.29, 1.82) is 0 Å². The molecule has 8 aromatic carbocycles. The van der Waals surface area contributed by atoms with Gasteiger partial charge in [-0.2, -0.15) is 0 Å². The van der Waals surface area contributed by atoms with Gasteiger partial charge in [0.1, 0.15) is 11.2 Å². The van der Waals surface area contributed by atoms with Crippen LogP contribution in [0, 0.1) is 0 Å². The highest BCUT2D eigenvalue weighted by atomic mass is 16.3. The number of benzene rings is 8. The first-order chi connectivity index (χ1) is 27.3. The molecule has 56 heavy (non-hydrogen) atoms. The second-order valence-electron chi connectivity index (χ2n) is 16.5. The summed E-state index contributed by atoms with van der Waals surface area (Å²) in [5.41, 5.74) is 20.3. The van der Waals surface area contributed by atoms with Crippen LogP contribution >= 0.6 is 0 Å². The molecule has 0 aliphatic heterocycles. The van der Waals surface area contributed by atoms with Crippen LogP contribution in [0.5, 0.6) is 0 Å². The zero-order valence-corrected chi connectivity index (χ0v) is 32.1. The number of hydrogen-bond donors (Lipinski definition) is 0. The minimum Gasteiger partial charge on any atom is -0.456 e. The molecule has 0 amide bonds. The van der Waals surface area contributed by atoms with E-state index in [1.807, 2.05) is 0 Å². The number of fused-ring (bicyclic) bond motifs is 9. The first kappa shape index (κ1) is 32.8. The molecule has 0 atom stereocenters. The summed E-state index contributed by atoms with van der Waals surface area (Å²) in [6.45, 7) is 9.46. The van der Waals surface area contributed by atoms with Crippen molar-refractivity contribution in [3.05, 3.63) is 198 Å². The molecular formula is C54H41NO. The van der Waals surface area contributed by atoms with Gasteiger partial charge in [0.15, 0.2) is 0 Å². The highest BCUT2D eigenvalue weighted by Gasteiger charge is 2.38. The monoisotopic (exact) mass is 719 g/mol. The topological polar surface area (TPSA) is 16.4 Å². The molecule has 0 unspecified atom stereocenters. The molecule has 1 aromatic heterocycles. The summed E-state index contributed by atoms with van der Waals surface area (Å²) in [5, 5.41) is 2.25. The van der Waals surface area contributed by atoms with Gasteiger partial charge in [-0.3, -0.25) is 0 Å². The number of furan rings is 1. The molecule has 2 aliphatic rings. The number of hydrogen-bond acceptors (Lipinski definition) is 2. The standard InChI is InChI=1S/C54H41NO/c1-53(2)45-21-11-8-17-38(45)40-29-26-36(32-47(40)53)55(37-27-30-41-39-18-9-12-22-46(39)54(3,4)48(41)33-37)49-23-13-10-19-42(49)43-20-14-24-50-52(43)44-28-25-35(31-51(44)56-50)34-15-6-5-7-16-34/h5-33H,1-4H3. The van der Waals surface area contributed by atoms with Gasteiger partial charge in [-0.05, 0) is 110 Å². The van der Waals surface area contributed by atoms with Crippen LogP contribution in [0.4, 0.5) is 17.1 Å². The first-order valence-corrected chi connectivity index (χ1v) is 19.7. The van der Waals surface area contributed by atoms with Gasteiger partial charge in [-0.1, -0.05) is 155 Å². The lowest BCUT2D eigenvalue weighted by Crippen LogP contribution is -2.18. The normalized spacial score (nSPS) is 14.4. The van der Waals surface area contributed by atoms with Gasteiger partial charge in [0.2, 0.25) is 0 Å². The Morgan fingerprint density at radius 2 is 0.911 bits per heavy atom. The summed E-state index contributed by atoms with van der Waals surface area (Å²) in [6.07, 6.45) is 0. The second-order valence-corrected chi connectivity index (χ2v) is 16.5. The highest BCUT2D eigenvalue weighted by Crippen LogP contribution is 2.54. The summed E-state index contributed by atoms with van der Waals surface area (Å²) >= 11 is 0. The lowest BCUT2D eigenvalue weighted by molar-refractivity contribution is 0.660. The van der Waals surface area contributed by atoms with Gasteiger partial charge in [0, 0.05) is 38.5 Å². The minimum absolute atomic E-state index is 0.130. The van der Waals surface area contributed by atoms with Crippen molar-refractivity contribution in [2.75, 3.05) is 4.90 Å². The number of para-hydroxylation sites is 1. The van der Waals surface area contributed by atoms with Crippen LogP contribution in [-0.2, 0) is 10.8 Å². The van der Waals surface area contributed by atoms with Gasteiger partial charge in [-0.25, -0.2) is 0 Å². The second kappa shape index (κ2) is 11.9. The highest BCUT2D eigenvalue weighted by molar-refractivity contribution is 6.14. The van der Waals surface area contributed by atoms with Crippen molar-refractivity contribution in [3.63, 3.8) is 0 Å². The molecule has 2 aliphatic carbocycles. The molecule has 0 N–H and O–H groups in total. The van der Waals surface area contributed by atoms with Crippen LogP contribution in [0.2, 0.25) is 0 Å². The maximum atomic E-state index is 6.64. The van der Waals surface area contributed by atoms with E-state index in [2.05, 4.69) is 209 Å². The molecule has 0 bridgehead atoms. The Kier molecular flexibility index (Phi) is 6.98. The summed E-state index contributed by atoms with van der Waals surface area (Å²) in [4.78, 5) is 2.49. The fraction of sp³-hybridized carbons (Fsp3) is 0.111. The van der Waals surface area contributed by atoms with Gasteiger partial charge in [-0.15, -0.1) is 0 Å². The van der Waals surface area contributed by atoms with Crippen LogP contribution in [0.1, 0.15) is 49.9 Å². The average Bonchev–Trinajstić information content (AvgIpc) is 3.81. The summed E-state index contributed by atoms with van der Waals surface area (Å²) in [5.74, 6) is 0. The Balaban J connectivity index is 1.14. The van der Waals surface area contributed by atoms with Crippen LogP contribution < -0.4 is 4.90 Å². The van der Waals surface area contributed by atoms with E-state index in [9.17, 15) is 0 Å². The van der Waals surface area contributed by atoms with Gasteiger partial charge in [0.05, 0.1) is 5.69 Å². The molecule has 9 aromatic rings. The van der Waals surface area contributed by atoms with Crippen LogP contribution in [0.15, 0.2) is 180 Å². The van der Waals surface area contributed by atoms with Crippen LogP contribution in [0.3, 0.4) is 0 Å².